The Kier molecular flexibility index (Phi) is 16.9. The summed E-state index contributed by atoms with van der Waals surface area (Å²) in [6.07, 6.45) is 3.41. The summed E-state index contributed by atoms with van der Waals surface area (Å²) >= 11 is 2.27. The van der Waals surface area contributed by atoms with E-state index in [1.54, 1.807) is 14.7 Å². The van der Waals surface area contributed by atoms with Crippen LogP contribution in [0, 0.1) is 3.57 Å². The number of anilines is 1. The predicted molar refractivity (Wildman–Crippen MR) is 277 cm³/mol. The van der Waals surface area contributed by atoms with Crippen LogP contribution < -0.4 is 4.90 Å². The number of aromatic nitrogens is 1. The Bertz CT molecular complexity index is 2230. The van der Waals surface area contributed by atoms with Crippen LogP contribution in [0.25, 0.3) is 16.5 Å². The maximum absolute atomic E-state index is 15.9. The Morgan fingerprint density at radius 1 is 0.788 bits per heavy atom. The number of nitrogens with zero attached hydrogens (tertiary/aromatic N) is 4. The fourth-order valence-corrected chi connectivity index (χ4v) is 10.3. The summed E-state index contributed by atoms with van der Waals surface area (Å²) in [6, 6.07) is 14.7. The highest BCUT2D eigenvalue weighted by Gasteiger charge is 2.47. The van der Waals surface area contributed by atoms with Crippen molar-refractivity contribution < 1.29 is 42.8 Å². The molecular weight excluding hydrogens is 984 g/mol. The molecule has 2 aliphatic heterocycles. The normalized spacial score (nSPS) is 19.1. The van der Waals surface area contributed by atoms with Crippen molar-refractivity contribution in [3.05, 3.63) is 69.4 Å². The van der Waals surface area contributed by atoms with E-state index < -0.39 is 57.0 Å². The Hall–Kier alpha value is -3.27. The van der Waals surface area contributed by atoms with Crippen LogP contribution in [-0.4, -0.2) is 117 Å². The highest BCUT2D eigenvalue weighted by molar-refractivity contribution is 14.1. The molecule has 2 aromatic carbocycles. The number of hydrogen-bond donors (Lipinski definition) is 0. The third-order valence-electron chi connectivity index (χ3n) is 11.4. The lowest BCUT2D eigenvalue weighted by Gasteiger charge is -2.35. The molecule has 3 aromatic rings. The molecule has 16 heteroatoms. The number of amides is 3. The molecule has 2 fully saturated rings. The summed E-state index contributed by atoms with van der Waals surface area (Å²) in [5, 5.41) is 0.896. The molecule has 13 nitrogen and oxygen atoms in total. The molecule has 0 spiro atoms. The number of benzene rings is 2. The van der Waals surface area contributed by atoms with Crippen LogP contribution in [0.15, 0.2) is 54.7 Å². The molecular formula is C50H77IN4O9Si2. The van der Waals surface area contributed by atoms with Gasteiger partial charge in [-0.2, -0.15) is 0 Å². The van der Waals surface area contributed by atoms with Gasteiger partial charge in [0.15, 0.2) is 0 Å². The molecule has 0 unspecified atom stereocenters. The van der Waals surface area contributed by atoms with Crippen LogP contribution in [0.5, 0.6) is 0 Å². The highest BCUT2D eigenvalue weighted by atomic mass is 127. The second-order valence-electron chi connectivity index (χ2n) is 22.9. The molecule has 3 amide bonds. The van der Waals surface area contributed by atoms with Gasteiger partial charge in [-0.3, -0.25) is 19.5 Å². The molecule has 0 N–H and O–H groups in total. The Morgan fingerprint density at radius 2 is 1.35 bits per heavy atom. The quantitative estimate of drug-likeness (QED) is 0.0454. The van der Waals surface area contributed by atoms with Gasteiger partial charge in [-0.1, -0.05) is 69.6 Å². The minimum atomic E-state index is -1.45. The summed E-state index contributed by atoms with van der Waals surface area (Å²) in [5.41, 5.74) is 0.0596. The van der Waals surface area contributed by atoms with Crippen molar-refractivity contribution in [2.45, 2.75) is 168 Å². The first-order chi connectivity index (χ1) is 30.4. The van der Waals surface area contributed by atoms with Crippen LogP contribution in [0.3, 0.4) is 0 Å². The van der Waals surface area contributed by atoms with E-state index >= 15 is 4.79 Å². The van der Waals surface area contributed by atoms with Gasteiger partial charge in [-0.15, -0.1) is 0 Å². The van der Waals surface area contributed by atoms with E-state index in [1.165, 1.54) is 0 Å². The number of ether oxygens (including phenoxy) is 6. The van der Waals surface area contributed by atoms with Crippen molar-refractivity contribution in [2.75, 3.05) is 38.1 Å². The lowest BCUT2D eigenvalue weighted by atomic mass is 9.96. The number of hydrogen-bond acceptors (Lipinski definition) is 9. The molecule has 366 valence electrons. The van der Waals surface area contributed by atoms with Crippen molar-refractivity contribution >= 4 is 79.0 Å². The number of rotatable bonds is 16. The fourth-order valence-electron chi connectivity index (χ4n) is 8.10. The van der Waals surface area contributed by atoms with Crippen LogP contribution in [0.2, 0.25) is 51.4 Å². The van der Waals surface area contributed by atoms with Gasteiger partial charge in [-0.05, 0) is 134 Å². The summed E-state index contributed by atoms with van der Waals surface area (Å²) < 4.78 is 40.3. The number of para-hydroxylation sites is 2. The van der Waals surface area contributed by atoms with Crippen molar-refractivity contribution in [3.8, 4) is 0 Å². The van der Waals surface area contributed by atoms with Gasteiger partial charge < -0.3 is 33.0 Å². The van der Waals surface area contributed by atoms with Crippen LogP contribution in [0.4, 0.5) is 15.3 Å². The van der Waals surface area contributed by atoms with E-state index in [2.05, 4.69) is 78.7 Å². The van der Waals surface area contributed by atoms with E-state index in [1.807, 2.05) is 112 Å². The predicted octanol–water partition coefficient (Wildman–Crippen LogP) is 11.6. The van der Waals surface area contributed by atoms with Gasteiger partial charge in [0.2, 0.25) is 0 Å². The monoisotopic (exact) mass is 1060 g/mol. The topological polar surface area (TPSA) is 121 Å². The largest absolute Gasteiger partial charge is 0.444 e. The van der Waals surface area contributed by atoms with Crippen molar-refractivity contribution in [1.82, 2.24) is 14.4 Å². The summed E-state index contributed by atoms with van der Waals surface area (Å²) in [4.78, 5) is 48.8. The van der Waals surface area contributed by atoms with Crippen molar-refractivity contribution in [2.24, 2.45) is 0 Å². The zero-order valence-corrected chi connectivity index (χ0v) is 46.7. The molecule has 0 radical (unpaired) electrons. The minimum absolute atomic E-state index is 0.0170. The van der Waals surface area contributed by atoms with Gasteiger partial charge in [-0.25, -0.2) is 9.59 Å². The molecule has 66 heavy (non-hydrogen) atoms. The summed E-state index contributed by atoms with van der Waals surface area (Å²) in [6.45, 7) is 34.2. The molecule has 3 heterocycles. The average molecular weight is 1060 g/mol. The third kappa shape index (κ3) is 14.2. The number of carbonyl (C=O) groups is 3. The van der Waals surface area contributed by atoms with Gasteiger partial charge >= 0.3 is 12.2 Å². The van der Waals surface area contributed by atoms with Crippen LogP contribution >= 0.6 is 22.6 Å². The molecule has 1 aromatic heterocycles. The number of carbonyl (C=O) groups excluding carboxylic acids is 3. The van der Waals surface area contributed by atoms with Gasteiger partial charge in [0.1, 0.15) is 36.1 Å². The minimum Gasteiger partial charge on any atom is -0.444 e. The van der Waals surface area contributed by atoms with E-state index in [9.17, 15) is 9.59 Å². The maximum atomic E-state index is 15.9. The Balaban J connectivity index is 1.73. The lowest BCUT2D eigenvalue weighted by molar-refractivity contribution is -0.114. The molecule has 0 saturated carbocycles. The lowest BCUT2D eigenvalue weighted by Crippen LogP contribution is -2.50. The van der Waals surface area contributed by atoms with Crippen LogP contribution in [-0.2, 0) is 46.4 Å². The fraction of sp³-hybridized carbons (Fsp3) is 0.620. The molecule has 5 rings (SSSR count). The maximum Gasteiger partial charge on any atom is 0.413 e. The Morgan fingerprint density at radius 3 is 1.94 bits per heavy atom. The first-order valence-corrected chi connectivity index (χ1v) is 31.7. The number of halogens is 1. The van der Waals surface area contributed by atoms with E-state index in [0.29, 0.717) is 43.1 Å². The smallest absolute Gasteiger partial charge is 0.413 e. The second kappa shape index (κ2) is 20.8. The molecule has 2 aliphatic rings. The summed E-state index contributed by atoms with van der Waals surface area (Å²) in [7, 11) is -2.87. The van der Waals surface area contributed by atoms with E-state index in [0.717, 1.165) is 32.1 Å². The second-order valence-corrected chi connectivity index (χ2v) is 35.3. The SMILES string of the molecule is CC(C)(C)OC(=O)N1[C@@H](Cc2cn(COCC[Si](C)(C)C)c3c(/C(=C/[C@H]4COC(C)(C)N4C(=O)OC(C)(C)C)C(=O)N(COCC[Si](C)(C)C)c4ccccc4I)cccc23)COC1(C)C. The molecule has 2 saturated heterocycles. The Labute approximate surface area is 409 Å². The highest BCUT2D eigenvalue weighted by Crippen LogP contribution is 2.38. The third-order valence-corrected chi connectivity index (χ3v) is 15.7. The van der Waals surface area contributed by atoms with Gasteiger partial charge in [0.25, 0.3) is 5.91 Å². The molecule has 2 atom stereocenters. The van der Waals surface area contributed by atoms with Gasteiger partial charge in [0, 0.05) is 55.7 Å². The molecule has 0 bridgehead atoms. The van der Waals surface area contributed by atoms with E-state index in [-0.39, 0.29) is 32.0 Å². The standard InChI is InChI=1S/C50H77IN4O9Si2/c1-47(2,3)63-45(57)54-36(31-61-49(54,7)8)28-35-30-52(33-59-24-26-65(11,12)13)43-38(35)20-19-21-39(43)40(29-37-32-62-50(9,10)55(37)46(58)64-48(4,5)6)44(56)53(34-60-25-27-66(14,15)16)42-23-18-17-22-41(42)51/h17-23,29-30,36-37H,24-28,31-34H2,1-16H3/b40-29-/t36-,37-/m0/s1. The van der Waals surface area contributed by atoms with Crippen LogP contribution in [0.1, 0.15) is 80.4 Å². The zero-order valence-electron chi connectivity index (χ0n) is 42.6. The summed E-state index contributed by atoms with van der Waals surface area (Å²) in [5.74, 6) is -0.301. The van der Waals surface area contributed by atoms with Crippen molar-refractivity contribution in [1.29, 1.82) is 0 Å². The van der Waals surface area contributed by atoms with Crippen molar-refractivity contribution in [3.63, 3.8) is 0 Å². The zero-order chi connectivity index (χ0) is 49.2. The first kappa shape index (κ1) is 53.7. The first-order valence-electron chi connectivity index (χ1n) is 23.2. The number of fused-ring (bicyclic) bond motifs is 1. The van der Waals surface area contributed by atoms with Gasteiger partial charge in [0.05, 0.1) is 36.5 Å². The average Bonchev–Trinajstić information content (AvgIpc) is 3.78. The molecule has 0 aliphatic carbocycles. The van der Waals surface area contributed by atoms with E-state index in [4.69, 9.17) is 28.4 Å².